The summed E-state index contributed by atoms with van der Waals surface area (Å²) in [5, 5.41) is 3.95. The summed E-state index contributed by atoms with van der Waals surface area (Å²) >= 11 is 0. The van der Waals surface area contributed by atoms with Crippen molar-refractivity contribution in [2.45, 2.75) is 73.0 Å². The zero-order chi connectivity index (χ0) is 15.0. The Hall–Kier alpha value is -0.830. The topological polar surface area (TPSA) is 29.9 Å². The molecule has 114 valence electrons. The van der Waals surface area contributed by atoms with Gasteiger partial charge in [0.05, 0.1) is 6.33 Å². The minimum atomic E-state index is 0.247. The molecule has 1 aromatic heterocycles. The summed E-state index contributed by atoms with van der Waals surface area (Å²) in [6, 6.07) is 1.11. The average Bonchev–Trinajstić information content (AvgIpc) is 2.85. The highest BCUT2D eigenvalue weighted by Crippen LogP contribution is 2.41. The second kappa shape index (κ2) is 5.51. The number of nitrogens with zero attached hydrogens (tertiary/aromatic N) is 2. The largest absolute Gasteiger partial charge is 0.336 e. The Morgan fingerprint density at radius 2 is 2.05 bits per heavy atom. The van der Waals surface area contributed by atoms with E-state index in [0.29, 0.717) is 17.5 Å². The van der Waals surface area contributed by atoms with Gasteiger partial charge in [-0.3, -0.25) is 0 Å². The summed E-state index contributed by atoms with van der Waals surface area (Å²) in [5.41, 5.74) is 0.727. The fourth-order valence-corrected chi connectivity index (χ4v) is 3.56. The van der Waals surface area contributed by atoms with Gasteiger partial charge < -0.3 is 9.88 Å². The van der Waals surface area contributed by atoms with Crippen LogP contribution in [0.4, 0.5) is 0 Å². The monoisotopic (exact) mass is 277 g/mol. The van der Waals surface area contributed by atoms with E-state index in [0.717, 1.165) is 12.5 Å². The van der Waals surface area contributed by atoms with E-state index in [1.807, 2.05) is 12.5 Å². The van der Waals surface area contributed by atoms with Crippen molar-refractivity contribution in [3.05, 3.63) is 18.7 Å². The normalized spacial score (nSPS) is 27.7. The van der Waals surface area contributed by atoms with Crippen molar-refractivity contribution in [2.24, 2.45) is 16.7 Å². The fraction of sp³-hybridized carbons (Fsp3) is 0.824. The molecule has 1 N–H and O–H groups in total. The minimum absolute atomic E-state index is 0.247. The molecular weight excluding hydrogens is 246 g/mol. The summed E-state index contributed by atoms with van der Waals surface area (Å²) in [6.07, 6.45) is 8.45. The van der Waals surface area contributed by atoms with Crippen LogP contribution in [0.5, 0.6) is 0 Å². The first kappa shape index (κ1) is 15.6. The molecular formula is C17H31N3. The van der Waals surface area contributed by atoms with Crippen molar-refractivity contribution >= 4 is 0 Å². The van der Waals surface area contributed by atoms with Gasteiger partial charge in [-0.15, -0.1) is 0 Å². The van der Waals surface area contributed by atoms with E-state index < -0.39 is 0 Å². The molecule has 2 rings (SSSR count). The Labute approximate surface area is 124 Å². The maximum atomic E-state index is 4.16. The summed E-state index contributed by atoms with van der Waals surface area (Å²) < 4.78 is 2.19. The molecule has 3 atom stereocenters. The second-order valence-corrected chi connectivity index (χ2v) is 8.50. The van der Waals surface area contributed by atoms with Gasteiger partial charge in [-0.1, -0.05) is 41.5 Å². The summed E-state index contributed by atoms with van der Waals surface area (Å²) in [4.78, 5) is 4.16. The van der Waals surface area contributed by atoms with Crippen LogP contribution in [0.3, 0.4) is 0 Å². The molecule has 0 spiro atoms. The number of nitrogens with one attached hydrogen (secondary N) is 1. The van der Waals surface area contributed by atoms with E-state index >= 15 is 0 Å². The lowest BCUT2D eigenvalue weighted by atomic mass is 9.85. The molecule has 3 unspecified atom stereocenters. The molecule has 1 fully saturated rings. The van der Waals surface area contributed by atoms with Crippen molar-refractivity contribution in [3.8, 4) is 0 Å². The number of imidazole rings is 1. The Kier molecular flexibility index (Phi) is 4.29. The molecule has 0 amide bonds. The quantitative estimate of drug-likeness (QED) is 0.909. The molecule has 1 aliphatic rings. The molecule has 0 bridgehead atoms. The Bertz CT molecular complexity index is 414. The van der Waals surface area contributed by atoms with Gasteiger partial charge in [0.1, 0.15) is 0 Å². The van der Waals surface area contributed by atoms with Crippen LogP contribution in [0.25, 0.3) is 0 Å². The molecule has 0 aliphatic heterocycles. The predicted molar refractivity (Wildman–Crippen MR) is 84.6 cm³/mol. The highest BCUT2D eigenvalue weighted by atomic mass is 15.1. The van der Waals surface area contributed by atoms with E-state index in [1.165, 1.54) is 12.8 Å². The van der Waals surface area contributed by atoms with Crippen LogP contribution in [-0.4, -0.2) is 21.6 Å². The summed E-state index contributed by atoms with van der Waals surface area (Å²) in [5.74, 6) is 0.762. The second-order valence-electron chi connectivity index (χ2n) is 8.50. The smallest absolute Gasteiger partial charge is 0.0946 e. The lowest BCUT2D eigenvalue weighted by Gasteiger charge is -2.35. The number of rotatable bonds is 4. The van der Waals surface area contributed by atoms with Gasteiger partial charge in [0.2, 0.25) is 0 Å². The summed E-state index contributed by atoms with van der Waals surface area (Å²) in [7, 11) is 0. The molecule has 1 aliphatic carbocycles. The van der Waals surface area contributed by atoms with Gasteiger partial charge >= 0.3 is 0 Å². The zero-order valence-electron chi connectivity index (χ0n) is 14.0. The number of hydrogen-bond donors (Lipinski definition) is 1. The molecule has 20 heavy (non-hydrogen) atoms. The third-order valence-electron chi connectivity index (χ3n) is 4.75. The van der Waals surface area contributed by atoms with Gasteiger partial charge in [0.15, 0.2) is 0 Å². The Morgan fingerprint density at radius 3 is 2.50 bits per heavy atom. The highest BCUT2D eigenvalue weighted by molar-refractivity contribution is 4.95. The van der Waals surface area contributed by atoms with Crippen LogP contribution in [0, 0.1) is 16.7 Å². The first-order valence-electron chi connectivity index (χ1n) is 7.89. The van der Waals surface area contributed by atoms with Crippen LogP contribution >= 0.6 is 0 Å². The maximum Gasteiger partial charge on any atom is 0.0946 e. The van der Waals surface area contributed by atoms with Crippen molar-refractivity contribution in [1.29, 1.82) is 0 Å². The van der Waals surface area contributed by atoms with Crippen molar-refractivity contribution in [3.63, 3.8) is 0 Å². The number of hydrogen-bond acceptors (Lipinski definition) is 2. The van der Waals surface area contributed by atoms with Crippen LogP contribution in [0.1, 0.15) is 54.4 Å². The fourth-order valence-electron chi connectivity index (χ4n) is 3.56. The van der Waals surface area contributed by atoms with E-state index in [1.54, 1.807) is 0 Å². The molecule has 1 heterocycles. The number of aromatic nitrogens is 2. The van der Waals surface area contributed by atoms with Gasteiger partial charge in [0, 0.05) is 31.0 Å². The molecule has 3 heteroatoms. The lowest BCUT2D eigenvalue weighted by Crippen LogP contribution is -2.49. The first-order chi connectivity index (χ1) is 9.17. The molecule has 3 nitrogen and oxygen atoms in total. The van der Waals surface area contributed by atoms with E-state index in [4.69, 9.17) is 0 Å². The van der Waals surface area contributed by atoms with E-state index in [2.05, 4.69) is 62.6 Å². The van der Waals surface area contributed by atoms with Gasteiger partial charge in [-0.25, -0.2) is 4.98 Å². The first-order valence-corrected chi connectivity index (χ1v) is 7.89. The van der Waals surface area contributed by atoms with Crippen molar-refractivity contribution in [1.82, 2.24) is 14.9 Å². The molecule has 0 saturated heterocycles. The van der Waals surface area contributed by atoms with Crippen LogP contribution in [-0.2, 0) is 6.54 Å². The highest BCUT2D eigenvalue weighted by Gasteiger charge is 2.39. The SMILES string of the molecule is CC1CC(C)(C)CC1NC(Cn1ccnc1)C(C)(C)C. The molecule has 1 aromatic rings. The van der Waals surface area contributed by atoms with Gasteiger partial charge in [0.25, 0.3) is 0 Å². The maximum absolute atomic E-state index is 4.16. The van der Waals surface area contributed by atoms with Crippen molar-refractivity contribution < 1.29 is 0 Å². The third kappa shape index (κ3) is 3.85. The lowest BCUT2D eigenvalue weighted by molar-refractivity contribution is 0.207. The Balaban J connectivity index is 2.05. The zero-order valence-corrected chi connectivity index (χ0v) is 14.0. The van der Waals surface area contributed by atoms with Crippen LogP contribution < -0.4 is 5.32 Å². The standard InChI is InChI=1S/C17H31N3/c1-13-9-17(5,6)10-14(13)19-15(16(2,3)4)11-20-8-7-18-12-20/h7-8,12-15,19H,9-11H2,1-6H3. The molecule has 1 saturated carbocycles. The van der Waals surface area contributed by atoms with E-state index in [9.17, 15) is 0 Å². The van der Waals surface area contributed by atoms with E-state index in [-0.39, 0.29) is 5.41 Å². The van der Waals surface area contributed by atoms with Gasteiger partial charge in [-0.05, 0) is 29.6 Å². The Morgan fingerprint density at radius 1 is 1.35 bits per heavy atom. The molecule has 0 radical (unpaired) electrons. The van der Waals surface area contributed by atoms with Crippen molar-refractivity contribution in [2.75, 3.05) is 0 Å². The summed E-state index contributed by atoms with van der Waals surface area (Å²) in [6.45, 7) is 15.2. The average molecular weight is 277 g/mol. The third-order valence-corrected chi connectivity index (χ3v) is 4.75. The molecule has 0 aromatic carbocycles. The van der Waals surface area contributed by atoms with Crippen LogP contribution in [0.2, 0.25) is 0 Å². The van der Waals surface area contributed by atoms with Crippen LogP contribution in [0.15, 0.2) is 18.7 Å². The van der Waals surface area contributed by atoms with Gasteiger partial charge in [-0.2, -0.15) is 0 Å². The minimum Gasteiger partial charge on any atom is -0.336 e. The predicted octanol–water partition coefficient (Wildman–Crippen LogP) is 3.71.